The summed E-state index contributed by atoms with van der Waals surface area (Å²) in [7, 11) is 1.49. The van der Waals surface area contributed by atoms with Crippen LogP contribution in [-0.2, 0) is 9.53 Å². The van der Waals surface area contributed by atoms with E-state index in [1.54, 1.807) is 12.5 Å². The summed E-state index contributed by atoms with van der Waals surface area (Å²) in [4.78, 5) is 17.9. The summed E-state index contributed by atoms with van der Waals surface area (Å²) >= 11 is 0. The highest BCUT2D eigenvalue weighted by molar-refractivity contribution is 5.77. The van der Waals surface area contributed by atoms with Crippen molar-refractivity contribution in [1.29, 1.82) is 0 Å². The summed E-state index contributed by atoms with van der Waals surface area (Å²) < 4.78 is 4.68. The molecule has 0 aromatic carbocycles. The summed E-state index contributed by atoms with van der Waals surface area (Å²) in [6.07, 6.45) is 3.26. The van der Waals surface area contributed by atoms with Crippen molar-refractivity contribution in [3.63, 3.8) is 0 Å². The molecule has 0 aliphatic carbocycles. The third kappa shape index (κ3) is 2.87. The van der Waals surface area contributed by atoms with E-state index in [9.17, 15) is 4.79 Å². The molecule has 0 spiro atoms. The molecule has 0 radical (unpaired) electrons. The summed E-state index contributed by atoms with van der Waals surface area (Å²) in [5.41, 5.74) is 0.879. The molecule has 0 saturated heterocycles. The van der Waals surface area contributed by atoms with Gasteiger partial charge in [-0.3, -0.25) is 4.79 Å². The van der Waals surface area contributed by atoms with Crippen LogP contribution in [0.4, 0.5) is 0 Å². The lowest BCUT2D eigenvalue weighted by atomic mass is 10.2. The van der Waals surface area contributed by atoms with E-state index in [4.69, 9.17) is 0 Å². The van der Waals surface area contributed by atoms with Crippen LogP contribution >= 0.6 is 0 Å². The van der Waals surface area contributed by atoms with Crippen LogP contribution in [0.1, 0.15) is 18.7 Å². The Morgan fingerprint density at radius 3 is 3.15 bits per heavy atom. The van der Waals surface area contributed by atoms with Crippen LogP contribution in [0.5, 0.6) is 0 Å². The molecule has 13 heavy (non-hydrogen) atoms. The highest BCUT2D eigenvalue weighted by atomic mass is 16.5. The van der Waals surface area contributed by atoms with Gasteiger partial charge in [0.2, 0.25) is 5.91 Å². The van der Waals surface area contributed by atoms with Crippen LogP contribution in [0.3, 0.4) is 0 Å². The number of hydrogen-bond acceptors (Lipinski definition) is 3. The maximum Gasteiger partial charge on any atom is 0.246 e. The normalized spacial score (nSPS) is 12.5. The molecule has 0 bridgehead atoms. The molecule has 5 heteroatoms. The fourth-order valence-corrected chi connectivity index (χ4v) is 0.995. The zero-order valence-corrected chi connectivity index (χ0v) is 7.70. The number of ether oxygens (including phenoxy) is 1. The fourth-order valence-electron chi connectivity index (χ4n) is 0.995. The molecule has 1 aromatic rings. The number of nitrogens with one attached hydrogen (secondary N) is 2. The molecule has 0 aliphatic heterocycles. The van der Waals surface area contributed by atoms with Crippen LogP contribution < -0.4 is 5.32 Å². The lowest BCUT2D eigenvalue weighted by Crippen LogP contribution is -2.29. The van der Waals surface area contributed by atoms with E-state index in [1.165, 1.54) is 7.11 Å². The van der Waals surface area contributed by atoms with Crippen molar-refractivity contribution in [2.75, 3.05) is 13.7 Å². The topological polar surface area (TPSA) is 67.0 Å². The number of H-pyrrole nitrogens is 1. The Balaban J connectivity index is 2.42. The van der Waals surface area contributed by atoms with Gasteiger partial charge in [-0.2, -0.15) is 0 Å². The van der Waals surface area contributed by atoms with Crippen LogP contribution in [-0.4, -0.2) is 29.6 Å². The van der Waals surface area contributed by atoms with Crippen molar-refractivity contribution in [3.8, 4) is 0 Å². The maximum absolute atomic E-state index is 11.1. The minimum atomic E-state index is -0.135. The van der Waals surface area contributed by atoms with Crippen LogP contribution in [0, 0.1) is 0 Å². The Morgan fingerprint density at radius 2 is 2.62 bits per heavy atom. The van der Waals surface area contributed by atoms with Crippen LogP contribution in [0.25, 0.3) is 0 Å². The van der Waals surface area contributed by atoms with Crippen LogP contribution in [0.2, 0.25) is 0 Å². The number of methoxy groups -OCH3 is 1. The molecule has 1 rings (SSSR count). The van der Waals surface area contributed by atoms with E-state index in [1.807, 2.05) is 6.92 Å². The molecule has 72 valence electrons. The molecule has 2 N–H and O–H groups in total. The first-order chi connectivity index (χ1) is 6.24. The van der Waals surface area contributed by atoms with Gasteiger partial charge in [-0.25, -0.2) is 4.98 Å². The molecule has 0 saturated carbocycles. The van der Waals surface area contributed by atoms with E-state index in [-0.39, 0.29) is 18.6 Å². The quantitative estimate of drug-likeness (QED) is 0.702. The molecule has 1 unspecified atom stereocenters. The first-order valence-electron chi connectivity index (χ1n) is 4.00. The van der Waals surface area contributed by atoms with E-state index in [0.717, 1.165) is 5.69 Å². The van der Waals surface area contributed by atoms with Gasteiger partial charge in [0.25, 0.3) is 0 Å². The second-order valence-electron chi connectivity index (χ2n) is 2.73. The predicted octanol–water partition coefficient (Wildman–Crippen LogP) is 0.233. The Bertz CT molecular complexity index is 258. The van der Waals surface area contributed by atoms with Crippen molar-refractivity contribution >= 4 is 5.91 Å². The molecule has 1 heterocycles. The highest BCUT2D eigenvalue weighted by Crippen LogP contribution is 2.06. The first-order valence-corrected chi connectivity index (χ1v) is 4.00. The Hall–Kier alpha value is -1.36. The monoisotopic (exact) mass is 183 g/mol. The van der Waals surface area contributed by atoms with Crippen LogP contribution in [0.15, 0.2) is 12.5 Å². The molecular weight excluding hydrogens is 170 g/mol. The van der Waals surface area contributed by atoms with Gasteiger partial charge in [0, 0.05) is 7.11 Å². The summed E-state index contributed by atoms with van der Waals surface area (Å²) in [6.45, 7) is 1.96. The fraction of sp³-hybridized carbons (Fsp3) is 0.500. The van der Waals surface area contributed by atoms with E-state index in [0.29, 0.717) is 0 Å². The lowest BCUT2D eigenvalue weighted by Gasteiger charge is -2.10. The van der Waals surface area contributed by atoms with Crippen molar-refractivity contribution in [2.24, 2.45) is 0 Å². The second-order valence-corrected chi connectivity index (χ2v) is 2.73. The predicted molar refractivity (Wildman–Crippen MR) is 47.0 cm³/mol. The third-order valence-corrected chi connectivity index (χ3v) is 1.64. The summed E-state index contributed by atoms with van der Waals surface area (Å²) in [5, 5.41) is 2.75. The second kappa shape index (κ2) is 4.61. The average Bonchev–Trinajstić information content (AvgIpc) is 2.55. The number of amides is 1. The largest absolute Gasteiger partial charge is 0.375 e. The number of carbonyl (C=O) groups is 1. The number of carbonyl (C=O) groups excluding carboxylic acids is 1. The average molecular weight is 183 g/mol. The lowest BCUT2D eigenvalue weighted by molar-refractivity contribution is -0.125. The van der Waals surface area contributed by atoms with E-state index < -0.39 is 0 Å². The van der Waals surface area contributed by atoms with Gasteiger partial charge in [0.1, 0.15) is 6.61 Å². The molecule has 1 amide bonds. The number of rotatable bonds is 4. The maximum atomic E-state index is 11.1. The zero-order chi connectivity index (χ0) is 9.68. The zero-order valence-electron chi connectivity index (χ0n) is 7.70. The molecule has 1 atom stereocenters. The van der Waals surface area contributed by atoms with Crippen molar-refractivity contribution < 1.29 is 9.53 Å². The molecule has 0 aliphatic rings. The van der Waals surface area contributed by atoms with Crippen molar-refractivity contribution in [2.45, 2.75) is 13.0 Å². The standard InChI is InChI=1S/C8H13N3O2/c1-6(7-3-9-5-10-7)11-8(12)4-13-2/h3,5-6H,4H2,1-2H3,(H,9,10)(H,11,12). The van der Waals surface area contributed by atoms with Gasteiger partial charge in [0.15, 0.2) is 0 Å². The number of imidazole rings is 1. The first kappa shape index (κ1) is 9.73. The Labute approximate surface area is 76.5 Å². The third-order valence-electron chi connectivity index (χ3n) is 1.64. The van der Waals surface area contributed by atoms with Gasteiger partial charge in [-0.15, -0.1) is 0 Å². The molecule has 0 fully saturated rings. The summed E-state index contributed by atoms with van der Waals surface area (Å²) in [5.74, 6) is -0.135. The smallest absolute Gasteiger partial charge is 0.246 e. The Kier molecular flexibility index (Phi) is 3.45. The van der Waals surface area contributed by atoms with E-state index >= 15 is 0 Å². The summed E-state index contributed by atoms with van der Waals surface area (Å²) in [6, 6.07) is -0.0647. The molecule has 5 nitrogen and oxygen atoms in total. The van der Waals surface area contributed by atoms with Crippen molar-refractivity contribution in [3.05, 3.63) is 18.2 Å². The Morgan fingerprint density at radius 1 is 1.85 bits per heavy atom. The highest BCUT2D eigenvalue weighted by Gasteiger charge is 2.09. The van der Waals surface area contributed by atoms with Gasteiger partial charge in [-0.1, -0.05) is 0 Å². The molecular formula is C8H13N3O2. The number of aromatic amines is 1. The number of hydrogen-bond donors (Lipinski definition) is 2. The number of aromatic nitrogens is 2. The van der Waals surface area contributed by atoms with Crippen molar-refractivity contribution in [1.82, 2.24) is 15.3 Å². The molecule has 1 aromatic heterocycles. The van der Waals surface area contributed by atoms with E-state index in [2.05, 4.69) is 20.0 Å². The van der Waals surface area contributed by atoms with Gasteiger partial charge in [0.05, 0.1) is 24.3 Å². The van der Waals surface area contributed by atoms with Gasteiger partial charge in [-0.05, 0) is 6.92 Å². The van der Waals surface area contributed by atoms with Gasteiger partial charge < -0.3 is 15.0 Å². The number of nitrogens with zero attached hydrogens (tertiary/aromatic N) is 1. The van der Waals surface area contributed by atoms with Gasteiger partial charge >= 0.3 is 0 Å². The minimum absolute atomic E-state index is 0.0647. The minimum Gasteiger partial charge on any atom is -0.375 e. The SMILES string of the molecule is COCC(=O)NC(C)c1cnc[nH]1.